The molecule has 0 N–H and O–H groups in total. The SMILES string of the molecule is CCN(C=O)c1nc(Oc2cccc(C(F)(F)F)c2)n(Cc2ccc(Cl)cc2)c1C(=O)N(C)C. The fraction of sp³-hybridized carbons (Fsp3) is 0.261. The molecular weight excluding hydrogens is 473 g/mol. The molecule has 11 heteroatoms. The second-order valence-corrected chi connectivity index (χ2v) is 7.93. The van der Waals surface area contributed by atoms with Gasteiger partial charge >= 0.3 is 12.2 Å². The number of carbonyl (C=O) groups excluding carboxylic acids is 2. The van der Waals surface area contributed by atoms with E-state index in [0.29, 0.717) is 11.4 Å². The van der Waals surface area contributed by atoms with Crippen molar-refractivity contribution in [2.24, 2.45) is 0 Å². The van der Waals surface area contributed by atoms with Crippen LogP contribution in [0.1, 0.15) is 28.5 Å². The van der Waals surface area contributed by atoms with E-state index in [1.54, 1.807) is 31.2 Å². The van der Waals surface area contributed by atoms with Gasteiger partial charge in [-0.05, 0) is 42.8 Å². The summed E-state index contributed by atoms with van der Waals surface area (Å²) in [6.45, 7) is 1.99. The Balaban J connectivity index is 2.18. The third-order valence-electron chi connectivity index (χ3n) is 4.89. The molecule has 0 radical (unpaired) electrons. The highest BCUT2D eigenvalue weighted by Crippen LogP contribution is 2.34. The number of amides is 2. The first-order chi connectivity index (χ1) is 16.0. The first-order valence-corrected chi connectivity index (χ1v) is 10.6. The number of hydrogen-bond acceptors (Lipinski definition) is 4. The van der Waals surface area contributed by atoms with E-state index in [1.165, 1.54) is 40.6 Å². The number of carbonyl (C=O) groups is 2. The lowest BCUT2D eigenvalue weighted by Crippen LogP contribution is -2.29. The lowest BCUT2D eigenvalue weighted by atomic mass is 10.2. The highest BCUT2D eigenvalue weighted by atomic mass is 35.5. The quantitative estimate of drug-likeness (QED) is 0.410. The van der Waals surface area contributed by atoms with Crippen LogP contribution in [0.2, 0.25) is 5.02 Å². The van der Waals surface area contributed by atoms with E-state index in [1.807, 2.05) is 0 Å². The van der Waals surface area contributed by atoms with Gasteiger partial charge in [-0.2, -0.15) is 18.2 Å². The third-order valence-corrected chi connectivity index (χ3v) is 5.14. The summed E-state index contributed by atoms with van der Waals surface area (Å²) in [5.74, 6) is -0.551. The van der Waals surface area contributed by atoms with Crippen molar-refractivity contribution in [2.45, 2.75) is 19.6 Å². The monoisotopic (exact) mass is 494 g/mol. The van der Waals surface area contributed by atoms with Crippen LogP contribution in [-0.2, 0) is 17.5 Å². The smallest absolute Gasteiger partial charge is 0.416 e. The van der Waals surface area contributed by atoms with Crippen LogP contribution in [0.15, 0.2) is 48.5 Å². The number of rotatable bonds is 8. The summed E-state index contributed by atoms with van der Waals surface area (Å²) < 4.78 is 46.7. The molecule has 0 fully saturated rings. The van der Waals surface area contributed by atoms with Crippen LogP contribution in [-0.4, -0.2) is 47.4 Å². The van der Waals surface area contributed by atoms with Crippen molar-refractivity contribution in [3.8, 4) is 11.8 Å². The van der Waals surface area contributed by atoms with Crippen molar-refractivity contribution < 1.29 is 27.5 Å². The van der Waals surface area contributed by atoms with E-state index in [9.17, 15) is 22.8 Å². The number of aromatic nitrogens is 2. The number of alkyl halides is 3. The van der Waals surface area contributed by atoms with E-state index in [4.69, 9.17) is 16.3 Å². The maximum absolute atomic E-state index is 13.2. The normalized spacial score (nSPS) is 11.3. The van der Waals surface area contributed by atoms with Crippen molar-refractivity contribution in [3.05, 3.63) is 70.4 Å². The largest absolute Gasteiger partial charge is 0.425 e. The lowest BCUT2D eigenvalue weighted by molar-refractivity contribution is -0.137. The number of hydrogen-bond donors (Lipinski definition) is 0. The molecule has 0 saturated heterocycles. The molecule has 0 aliphatic carbocycles. The molecule has 0 aliphatic heterocycles. The maximum Gasteiger partial charge on any atom is 0.416 e. The van der Waals surface area contributed by atoms with Crippen LogP contribution in [0.3, 0.4) is 0 Å². The topological polar surface area (TPSA) is 67.7 Å². The Morgan fingerprint density at radius 2 is 1.85 bits per heavy atom. The summed E-state index contributed by atoms with van der Waals surface area (Å²) in [6.07, 6.45) is -4.04. The van der Waals surface area contributed by atoms with Crippen LogP contribution in [0.5, 0.6) is 11.8 Å². The Hall–Kier alpha value is -3.53. The molecule has 1 heterocycles. The van der Waals surface area contributed by atoms with E-state index in [-0.39, 0.29) is 36.4 Å². The summed E-state index contributed by atoms with van der Waals surface area (Å²) in [4.78, 5) is 31.7. The predicted octanol–water partition coefficient (Wildman–Crippen LogP) is 5.08. The molecule has 0 atom stereocenters. The summed E-state index contributed by atoms with van der Waals surface area (Å²) in [7, 11) is 3.08. The molecule has 2 aromatic carbocycles. The Bertz CT molecular complexity index is 1180. The van der Waals surface area contributed by atoms with E-state index in [0.717, 1.165) is 17.7 Å². The standard InChI is InChI=1S/C23H22ClF3N4O3/c1-4-30(14-32)20-19(21(33)29(2)3)31(13-15-8-10-17(24)11-9-15)22(28-20)34-18-7-5-6-16(12-18)23(25,26)27/h5-12,14H,4,13H2,1-3H3. The number of anilines is 1. The third kappa shape index (κ3) is 5.51. The van der Waals surface area contributed by atoms with Crippen molar-refractivity contribution >= 4 is 29.7 Å². The van der Waals surface area contributed by atoms with Gasteiger partial charge < -0.3 is 9.64 Å². The van der Waals surface area contributed by atoms with Gasteiger partial charge in [-0.25, -0.2) is 0 Å². The van der Waals surface area contributed by atoms with Gasteiger partial charge in [-0.1, -0.05) is 29.8 Å². The van der Waals surface area contributed by atoms with Gasteiger partial charge in [-0.3, -0.25) is 19.1 Å². The number of nitrogens with zero attached hydrogens (tertiary/aromatic N) is 4. The van der Waals surface area contributed by atoms with Crippen LogP contribution < -0.4 is 9.64 Å². The molecule has 2 amide bonds. The molecule has 0 bridgehead atoms. The van der Waals surface area contributed by atoms with Crippen molar-refractivity contribution in [2.75, 3.05) is 25.5 Å². The zero-order valence-electron chi connectivity index (χ0n) is 18.6. The molecule has 3 aromatic rings. The first kappa shape index (κ1) is 25.1. The predicted molar refractivity (Wildman–Crippen MR) is 121 cm³/mol. The first-order valence-electron chi connectivity index (χ1n) is 10.2. The summed E-state index contributed by atoms with van der Waals surface area (Å²) in [5.41, 5.74) is -0.117. The number of ether oxygens (including phenoxy) is 1. The molecular formula is C23H22ClF3N4O3. The molecule has 0 aliphatic rings. The van der Waals surface area contributed by atoms with E-state index < -0.39 is 17.6 Å². The molecule has 3 rings (SSSR count). The Morgan fingerprint density at radius 3 is 2.41 bits per heavy atom. The second kappa shape index (κ2) is 10.2. The average Bonchev–Trinajstić information content (AvgIpc) is 3.12. The minimum absolute atomic E-state index is 0.0344. The van der Waals surface area contributed by atoms with Crippen molar-refractivity contribution in [3.63, 3.8) is 0 Å². The van der Waals surface area contributed by atoms with Gasteiger partial charge in [0.15, 0.2) is 11.5 Å². The second-order valence-electron chi connectivity index (χ2n) is 7.50. The fourth-order valence-electron chi connectivity index (χ4n) is 3.16. The summed E-state index contributed by atoms with van der Waals surface area (Å²) >= 11 is 5.97. The van der Waals surface area contributed by atoms with E-state index >= 15 is 0 Å². The van der Waals surface area contributed by atoms with Crippen LogP contribution >= 0.6 is 11.6 Å². The van der Waals surface area contributed by atoms with Crippen molar-refractivity contribution in [1.82, 2.24) is 14.5 Å². The Labute approximate surface area is 199 Å². The average molecular weight is 495 g/mol. The Morgan fingerprint density at radius 1 is 1.18 bits per heavy atom. The van der Waals surface area contributed by atoms with Gasteiger partial charge in [0.25, 0.3) is 5.91 Å². The lowest BCUT2D eigenvalue weighted by Gasteiger charge is -2.18. The van der Waals surface area contributed by atoms with Crippen LogP contribution in [0.4, 0.5) is 19.0 Å². The summed E-state index contributed by atoms with van der Waals surface area (Å²) in [5, 5.41) is 0.512. The molecule has 1 aromatic heterocycles. The van der Waals surface area contributed by atoms with Gasteiger partial charge in [-0.15, -0.1) is 0 Å². The van der Waals surface area contributed by atoms with Crippen LogP contribution in [0, 0.1) is 0 Å². The minimum Gasteiger partial charge on any atom is -0.425 e. The summed E-state index contributed by atoms with van der Waals surface area (Å²) in [6, 6.07) is 11.0. The molecule has 7 nitrogen and oxygen atoms in total. The minimum atomic E-state index is -4.56. The van der Waals surface area contributed by atoms with Gasteiger partial charge in [0.05, 0.1) is 12.1 Å². The number of halogens is 4. The zero-order chi connectivity index (χ0) is 25.0. The molecule has 180 valence electrons. The maximum atomic E-state index is 13.2. The highest BCUT2D eigenvalue weighted by molar-refractivity contribution is 6.30. The molecule has 0 saturated carbocycles. The zero-order valence-corrected chi connectivity index (χ0v) is 19.4. The molecule has 0 unspecified atom stereocenters. The Kier molecular flexibility index (Phi) is 7.51. The van der Waals surface area contributed by atoms with Gasteiger partial charge in [0.1, 0.15) is 5.75 Å². The molecule has 34 heavy (non-hydrogen) atoms. The number of imidazole rings is 1. The fourth-order valence-corrected chi connectivity index (χ4v) is 3.28. The number of benzene rings is 2. The van der Waals surface area contributed by atoms with Gasteiger partial charge in [0, 0.05) is 25.7 Å². The highest BCUT2D eigenvalue weighted by Gasteiger charge is 2.32. The van der Waals surface area contributed by atoms with Crippen LogP contribution in [0.25, 0.3) is 0 Å². The van der Waals surface area contributed by atoms with Crippen molar-refractivity contribution in [1.29, 1.82) is 0 Å². The van der Waals surface area contributed by atoms with E-state index in [2.05, 4.69) is 4.98 Å². The van der Waals surface area contributed by atoms with Gasteiger partial charge in [0.2, 0.25) is 6.41 Å². The molecule has 0 spiro atoms.